The number of amides is 1. The minimum atomic E-state index is -0.288. The van der Waals surface area contributed by atoms with E-state index in [0.717, 1.165) is 32.2 Å². The summed E-state index contributed by atoms with van der Waals surface area (Å²) in [6.45, 7) is 9.62. The van der Waals surface area contributed by atoms with Gasteiger partial charge >= 0.3 is 0 Å². The summed E-state index contributed by atoms with van der Waals surface area (Å²) in [6.07, 6.45) is 5.22. The molecule has 0 radical (unpaired) electrons. The van der Waals surface area contributed by atoms with Crippen LogP contribution in [0.15, 0.2) is 0 Å². The quantitative estimate of drug-likeness (QED) is 0.749. The number of hydrogen-bond acceptors (Lipinski definition) is 2. The lowest BCUT2D eigenvalue weighted by Crippen LogP contribution is -2.55. The summed E-state index contributed by atoms with van der Waals surface area (Å²) in [4.78, 5) is 12.3. The minimum Gasteiger partial charge on any atom is -0.352 e. The van der Waals surface area contributed by atoms with E-state index < -0.39 is 0 Å². The third kappa shape index (κ3) is 3.70. The van der Waals surface area contributed by atoms with E-state index >= 15 is 0 Å². The number of rotatable bonds is 6. The van der Waals surface area contributed by atoms with Gasteiger partial charge in [-0.2, -0.15) is 0 Å². The van der Waals surface area contributed by atoms with Crippen molar-refractivity contribution in [1.29, 1.82) is 0 Å². The normalized spacial score (nSPS) is 27.8. The Labute approximate surface area is 106 Å². The topological polar surface area (TPSA) is 41.1 Å². The SMILES string of the molecule is CCC(C)CC(C)NC(=O)C1(CC)CCCN1. The summed E-state index contributed by atoms with van der Waals surface area (Å²) >= 11 is 0. The van der Waals surface area contributed by atoms with E-state index in [1.54, 1.807) is 0 Å². The van der Waals surface area contributed by atoms with Gasteiger partial charge in [-0.1, -0.05) is 27.2 Å². The molecule has 1 amide bonds. The van der Waals surface area contributed by atoms with Gasteiger partial charge in [0.1, 0.15) is 0 Å². The zero-order valence-corrected chi connectivity index (χ0v) is 11.8. The highest BCUT2D eigenvalue weighted by Gasteiger charge is 2.39. The Morgan fingerprint density at radius 2 is 2.12 bits per heavy atom. The second-order valence-corrected chi connectivity index (χ2v) is 5.59. The second-order valence-electron chi connectivity index (χ2n) is 5.59. The molecule has 3 heteroatoms. The summed E-state index contributed by atoms with van der Waals surface area (Å²) in [7, 11) is 0. The first kappa shape index (κ1) is 14.5. The minimum absolute atomic E-state index is 0.202. The Morgan fingerprint density at radius 3 is 2.59 bits per heavy atom. The fraction of sp³-hybridized carbons (Fsp3) is 0.929. The number of hydrogen-bond donors (Lipinski definition) is 2. The van der Waals surface area contributed by atoms with E-state index in [9.17, 15) is 4.79 Å². The van der Waals surface area contributed by atoms with Crippen LogP contribution in [0.4, 0.5) is 0 Å². The molecule has 1 rings (SSSR count). The van der Waals surface area contributed by atoms with Gasteiger partial charge in [0.25, 0.3) is 0 Å². The third-order valence-electron chi connectivity index (χ3n) is 4.11. The lowest BCUT2D eigenvalue weighted by atomic mass is 9.92. The average Bonchev–Trinajstić information content (AvgIpc) is 2.78. The fourth-order valence-electron chi connectivity index (χ4n) is 2.65. The van der Waals surface area contributed by atoms with Crippen molar-refractivity contribution in [1.82, 2.24) is 10.6 Å². The Hall–Kier alpha value is -0.570. The molecule has 3 unspecified atom stereocenters. The van der Waals surface area contributed by atoms with Crippen LogP contribution in [0, 0.1) is 5.92 Å². The molecule has 0 spiro atoms. The Kier molecular flexibility index (Phi) is 5.44. The maximum Gasteiger partial charge on any atom is 0.240 e. The summed E-state index contributed by atoms with van der Waals surface area (Å²) < 4.78 is 0. The van der Waals surface area contributed by atoms with Crippen LogP contribution in [0.1, 0.15) is 59.8 Å². The van der Waals surface area contributed by atoms with Crippen LogP contribution < -0.4 is 10.6 Å². The van der Waals surface area contributed by atoms with Crippen molar-refractivity contribution in [3.8, 4) is 0 Å². The Morgan fingerprint density at radius 1 is 1.41 bits per heavy atom. The summed E-state index contributed by atoms with van der Waals surface area (Å²) in [5.41, 5.74) is -0.288. The van der Waals surface area contributed by atoms with E-state index in [-0.39, 0.29) is 17.5 Å². The molecule has 17 heavy (non-hydrogen) atoms. The van der Waals surface area contributed by atoms with E-state index in [1.807, 2.05) is 0 Å². The van der Waals surface area contributed by atoms with Crippen molar-refractivity contribution in [2.75, 3.05) is 6.54 Å². The first-order chi connectivity index (χ1) is 8.04. The predicted molar refractivity (Wildman–Crippen MR) is 71.9 cm³/mol. The number of carbonyl (C=O) groups is 1. The molecule has 100 valence electrons. The molecule has 1 aliphatic rings. The van der Waals surface area contributed by atoms with E-state index in [1.165, 1.54) is 6.42 Å². The molecule has 0 aromatic carbocycles. The third-order valence-corrected chi connectivity index (χ3v) is 4.11. The van der Waals surface area contributed by atoms with E-state index in [0.29, 0.717) is 5.92 Å². The monoisotopic (exact) mass is 240 g/mol. The maximum atomic E-state index is 12.3. The Balaban J connectivity index is 2.47. The second kappa shape index (κ2) is 6.39. The molecule has 1 saturated heterocycles. The molecular formula is C14H28N2O. The Bertz CT molecular complexity index is 247. The van der Waals surface area contributed by atoms with Crippen LogP contribution in [0.25, 0.3) is 0 Å². The van der Waals surface area contributed by atoms with Crippen molar-refractivity contribution in [2.24, 2.45) is 5.92 Å². The van der Waals surface area contributed by atoms with Crippen molar-refractivity contribution in [2.45, 2.75) is 71.4 Å². The number of nitrogens with one attached hydrogen (secondary N) is 2. The summed E-state index contributed by atoms with van der Waals surface area (Å²) in [6, 6.07) is 0.281. The lowest BCUT2D eigenvalue weighted by Gasteiger charge is -2.29. The van der Waals surface area contributed by atoms with Crippen LogP contribution >= 0.6 is 0 Å². The van der Waals surface area contributed by atoms with Gasteiger partial charge in [0, 0.05) is 6.04 Å². The van der Waals surface area contributed by atoms with Gasteiger partial charge < -0.3 is 10.6 Å². The van der Waals surface area contributed by atoms with Gasteiger partial charge in [0.15, 0.2) is 0 Å². The fourth-order valence-corrected chi connectivity index (χ4v) is 2.65. The highest BCUT2D eigenvalue weighted by Crippen LogP contribution is 2.23. The molecular weight excluding hydrogens is 212 g/mol. The molecule has 1 fully saturated rings. The largest absolute Gasteiger partial charge is 0.352 e. The average molecular weight is 240 g/mol. The standard InChI is InChI=1S/C14H28N2O/c1-5-11(3)10-12(4)16-13(17)14(6-2)8-7-9-15-14/h11-12,15H,5-10H2,1-4H3,(H,16,17). The van der Waals surface area contributed by atoms with Crippen molar-refractivity contribution < 1.29 is 4.79 Å². The van der Waals surface area contributed by atoms with Crippen LogP contribution in [-0.2, 0) is 4.79 Å². The van der Waals surface area contributed by atoms with E-state index in [4.69, 9.17) is 0 Å². The zero-order valence-electron chi connectivity index (χ0n) is 11.8. The molecule has 0 bridgehead atoms. The van der Waals surface area contributed by atoms with Gasteiger partial charge in [0.2, 0.25) is 5.91 Å². The van der Waals surface area contributed by atoms with Gasteiger partial charge in [-0.25, -0.2) is 0 Å². The van der Waals surface area contributed by atoms with Crippen LogP contribution in [0.5, 0.6) is 0 Å². The molecule has 0 aromatic heterocycles. The molecule has 0 saturated carbocycles. The molecule has 1 heterocycles. The van der Waals surface area contributed by atoms with Crippen molar-refractivity contribution >= 4 is 5.91 Å². The molecule has 3 atom stereocenters. The van der Waals surface area contributed by atoms with Crippen molar-refractivity contribution in [3.63, 3.8) is 0 Å². The zero-order chi connectivity index (χ0) is 12.9. The van der Waals surface area contributed by atoms with Crippen LogP contribution in [-0.4, -0.2) is 24.0 Å². The highest BCUT2D eigenvalue weighted by molar-refractivity contribution is 5.86. The smallest absolute Gasteiger partial charge is 0.240 e. The van der Waals surface area contributed by atoms with Crippen LogP contribution in [0.3, 0.4) is 0 Å². The first-order valence-corrected chi connectivity index (χ1v) is 7.10. The van der Waals surface area contributed by atoms with Gasteiger partial charge in [-0.3, -0.25) is 4.79 Å². The molecule has 3 nitrogen and oxygen atoms in total. The highest BCUT2D eigenvalue weighted by atomic mass is 16.2. The van der Waals surface area contributed by atoms with Crippen molar-refractivity contribution in [3.05, 3.63) is 0 Å². The molecule has 1 aliphatic heterocycles. The molecule has 2 N–H and O–H groups in total. The first-order valence-electron chi connectivity index (χ1n) is 7.10. The summed E-state index contributed by atoms with van der Waals surface area (Å²) in [5.74, 6) is 0.882. The lowest BCUT2D eigenvalue weighted by molar-refractivity contribution is -0.128. The molecule has 0 aromatic rings. The van der Waals surface area contributed by atoms with Crippen LogP contribution in [0.2, 0.25) is 0 Å². The molecule has 0 aliphatic carbocycles. The van der Waals surface area contributed by atoms with Gasteiger partial charge in [0.05, 0.1) is 5.54 Å². The van der Waals surface area contributed by atoms with E-state index in [2.05, 4.69) is 38.3 Å². The number of carbonyl (C=O) groups excluding carboxylic acids is 1. The van der Waals surface area contributed by atoms with Gasteiger partial charge in [-0.05, 0) is 45.1 Å². The maximum absolute atomic E-state index is 12.3. The summed E-state index contributed by atoms with van der Waals surface area (Å²) in [5, 5.41) is 6.56. The predicted octanol–water partition coefficient (Wildman–Crippen LogP) is 2.46. The van der Waals surface area contributed by atoms with Gasteiger partial charge in [-0.15, -0.1) is 0 Å².